The normalized spacial score (nSPS) is 18.4. The van der Waals surface area contributed by atoms with Gasteiger partial charge < -0.3 is 5.32 Å². The van der Waals surface area contributed by atoms with Crippen LogP contribution in [-0.2, 0) is 6.54 Å². The van der Waals surface area contributed by atoms with E-state index in [0.717, 1.165) is 12.5 Å². The summed E-state index contributed by atoms with van der Waals surface area (Å²) in [6.07, 6.45) is 7.48. The fourth-order valence-corrected chi connectivity index (χ4v) is 2.85. The third-order valence-corrected chi connectivity index (χ3v) is 4.36. The van der Waals surface area contributed by atoms with Gasteiger partial charge in [0.2, 0.25) is 0 Å². The van der Waals surface area contributed by atoms with Crippen molar-refractivity contribution < 1.29 is 0 Å². The van der Waals surface area contributed by atoms with Crippen molar-refractivity contribution in [3.63, 3.8) is 0 Å². The van der Waals surface area contributed by atoms with Crippen LogP contribution in [0.1, 0.15) is 37.8 Å². The smallest absolute Gasteiger partial charge is 0.137 e. The minimum atomic E-state index is 0.286. The maximum Gasteiger partial charge on any atom is 0.137 e. The lowest BCUT2D eigenvalue weighted by Gasteiger charge is -2.35. The Morgan fingerprint density at radius 3 is 2.70 bits per heavy atom. The molecule has 0 unspecified atom stereocenters. The topological polar surface area (TPSA) is 42.7 Å². The zero-order valence-electron chi connectivity index (χ0n) is 11.9. The number of nitrogens with zero attached hydrogens (tertiary/aromatic N) is 3. The number of nitrogens with one attached hydrogen (secondary N) is 1. The lowest BCUT2D eigenvalue weighted by molar-refractivity contribution is 0.220. The number of rotatable bonds is 6. The maximum atomic E-state index is 4.23. The van der Waals surface area contributed by atoms with E-state index in [0.29, 0.717) is 6.04 Å². The van der Waals surface area contributed by atoms with Crippen molar-refractivity contribution in [1.82, 2.24) is 20.1 Å². The van der Waals surface area contributed by atoms with Crippen molar-refractivity contribution in [2.24, 2.45) is 5.92 Å². The molecule has 0 radical (unpaired) electrons. The van der Waals surface area contributed by atoms with Gasteiger partial charge in [-0.2, -0.15) is 5.10 Å². The van der Waals surface area contributed by atoms with Gasteiger partial charge in [0.25, 0.3) is 0 Å². The van der Waals surface area contributed by atoms with E-state index in [9.17, 15) is 0 Å². The lowest BCUT2D eigenvalue weighted by Crippen LogP contribution is -2.40. The van der Waals surface area contributed by atoms with Gasteiger partial charge in [-0.1, -0.05) is 36.8 Å². The molecule has 1 heterocycles. The summed E-state index contributed by atoms with van der Waals surface area (Å²) < 4.78 is 1.90. The van der Waals surface area contributed by atoms with Crippen LogP contribution in [0.2, 0.25) is 0 Å². The maximum absolute atomic E-state index is 4.23. The van der Waals surface area contributed by atoms with Crippen LogP contribution in [0.3, 0.4) is 0 Å². The second-order valence-electron chi connectivity index (χ2n) is 5.73. The molecule has 2 aromatic rings. The van der Waals surface area contributed by atoms with Crippen LogP contribution < -0.4 is 5.32 Å². The van der Waals surface area contributed by atoms with Gasteiger partial charge in [-0.25, -0.2) is 4.98 Å². The molecular formula is C16H22N4. The Bertz CT molecular complexity index is 505. The highest BCUT2D eigenvalue weighted by atomic mass is 15.3. The van der Waals surface area contributed by atoms with Crippen molar-refractivity contribution in [2.75, 3.05) is 0 Å². The van der Waals surface area contributed by atoms with Crippen molar-refractivity contribution in [1.29, 1.82) is 0 Å². The molecule has 1 fully saturated rings. The van der Waals surface area contributed by atoms with E-state index < -0.39 is 0 Å². The molecule has 0 bridgehead atoms. The monoisotopic (exact) mass is 270 g/mol. The third-order valence-electron chi connectivity index (χ3n) is 4.36. The standard InChI is InChI=1S/C16H22N4/c1-13(14-8-5-9-14)19-16(10-20-12-17-11-18-20)15-6-3-2-4-7-15/h2-4,6-7,11-14,16,19H,5,8-10H2,1H3/t13-,16+/m0/s1. The van der Waals surface area contributed by atoms with E-state index in [1.165, 1.54) is 24.8 Å². The Balaban J connectivity index is 1.72. The molecule has 1 aromatic heterocycles. The van der Waals surface area contributed by atoms with Crippen LogP contribution in [0.25, 0.3) is 0 Å². The zero-order valence-corrected chi connectivity index (χ0v) is 11.9. The number of benzene rings is 1. The molecule has 1 N–H and O–H groups in total. The first-order valence-electron chi connectivity index (χ1n) is 7.46. The zero-order chi connectivity index (χ0) is 13.8. The Labute approximate surface area is 120 Å². The molecule has 0 saturated heterocycles. The highest BCUT2D eigenvalue weighted by Crippen LogP contribution is 2.30. The van der Waals surface area contributed by atoms with Crippen LogP contribution in [0.15, 0.2) is 43.0 Å². The van der Waals surface area contributed by atoms with E-state index in [1.54, 1.807) is 12.7 Å². The summed E-state index contributed by atoms with van der Waals surface area (Å²) in [4.78, 5) is 4.03. The number of aromatic nitrogens is 3. The van der Waals surface area contributed by atoms with Crippen LogP contribution in [-0.4, -0.2) is 20.8 Å². The average molecular weight is 270 g/mol. The summed E-state index contributed by atoms with van der Waals surface area (Å²) in [7, 11) is 0. The molecule has 0 amide bonds. The van der Waals surface area contributed by atoms with Crippen LogP contribution in [0.5, 0.6) is 0 Å². The van der Waals surface area contributed by atoms with Gasteiger partial charge in [0.1, 0.15) is 12.7 Å². The fraction of sp³-hybridized carbons (Fsp3) is 0.500. The van der Waals surface area contributed by atoms with Gasteiger partial charge in [-0.3, -0.25) is 4.68 Å². The Morgan fingerprint density at radius 2 is 2.10 bits per heavy atom. The minimum absolute atomic E-state index is 0.286. The second-order valence-corrected chi connectivity index (χ2v) is 5.73. The molecule has 1 aliphatic rings. The van der Waals surface area contributed by atoms with Crippen molar-refractivity contribution in [2.45, 2.75) is 44.8 Å². The molecule has 4 nitrogen and oxygen atoms in total. The summed E-state index contributed by atoms with van der Waals surface area (Å²) in [6.45, 7) is 3.13. The third kappa shape index (κ3) is 3.07. The Kier molecular flexibility index (Phi) is 4.11. The molecule has 0 aliphatic heterocycles. The van der Waals surface area contributed by atoms with E-state index in [4.69, 9.17) is 0 Å². The summed E-state index contributed by atoms with van der Waals surface area (Å²) in [5, 5.41) is 8.02. The highest BCUT2D eigenvalue weighted by molar-refractivity contribution is 5.19. The molecule has 2 atom stereocenters. The van der Waals surface area contributed by atoms with E-state index in [2.05, 4.69) is 52.7 Å². The molecule has 1 aliphatic carbocycles. The first kappa shape index (κ1) is 13.3. The highest BCUT2D eigenvalue weighted by Gasteiger charge is 2.26. The van der Waals surface area contributed by atoms with Gasteiger partial charge in [-0.15, -0.1) is 0 Å². The molecule has 1 aromatic carbocycles. The van der Waals surface area contributed by atoms with Crippen molar-refractivity contribution >= 4 is 0 Å². The minimum Gasteiger partial charge on any atom is -0.306 e. The van der Waals surface area contributed by atoms with E-state index in [-0.39, 0.29) is 6.04 Å². The number of hydrogen-bond donors (Lipinski definition) is 1. The Hall–Kier alpha value is -1.68. The Morgan fingerprint density at radius 1 is 1.30 bits per heavy atom. The summed E-state index contributed by atoms with van der Waals surface area (Å²) in [5.41, 5.74) is 1.31. The van der Waals surface area contributed by atoms with Crippen LogP contribution >= 0.6 is 0 Å². The summed E-state index contributed by atoms with van der Waals surface area (Å²) in [6, 6.07) is 11.5. The molecule has 1 saturated carbocycles. The largest absolute Gasteiger partial charge is 0.306 e. The fourth-order valence-electron chi connectivity index (χ4n) is 2.85. The first-order valence-corrected chi connectivity index (χ1v) is 7.46. The van der Waals surface area contributed by atoms with Gasteiger partial charge >= 0.3 is 0 Å². The van der Waals surface area contributed by atoms with E-state index >= 15 is 0 Å². The quantitative estimate of drug-likeness (QED) is 0.877. The number of hydrogen-bond acceptors (Lipinski definition) is 3. The first-order chi connectivity index (χ1) is 9.83. The molecule has 4 heteroatoms. The van der Waals surface area contributed by atoms with Gasteiger partial charge in [-0.05, 0) is 31.2 Å². The van der Waals surface area contributed by atoms with Crippen molar-refractivity contribution in [3.05, 3.63) is 48.5 Å². The van der Waals surface area contributed by atoms with Gasteiger partial charge in [0, 0.05) is 6.04 Å². The summed E-state index contributed by atoms with van der Waals surface area (Å²) in [5.74, 6) is 0.831. The van der Waals surface area contributed by atoms with Crippen molar-refractivity contribution in [3.8, 4) is 0 Å². The predicted octanol–water partition coefficient (Wildman–Crippen LogP) is 2.80. The molecular weight excluding hydrogens is 248 g/mol. The average Bonchev–Trinajstić information content (AvgIpc) is 2.90. The lowest BCUT2D eigenvalue weighted by atomic mass is 9.80. The predicted molar refractivity (Wildman–Crippen MR) is 79.1 cm³/mol. The van der Waals surface area contributed by atoms with Gasteiger partial charge in [0.15, 0.2) is 0 Å². The van der Waals surface area contributed by atoms with E-state index in [1.807, 2.05) is 4.68 Å². The van der Waals surface area contributed by atoms with Gasteiger partial charge in [0.05, 0.1) is 12.6 Å². The molecule has 3 rings (SSSR count). The van der Waals surface area contributed by atoms with Crippen LogP contribution in [0.4, 0.5) is 0 Å². The van der Waals surface area contributed by atoms with Crippen LogP contribution in [0, 0.1) is 5.92 Å². The second kappa shape index (κ2) is 6.18. The SMILES string of the molecule is C[C@H](N[C@H](Cn1cncn1)c1ccccc1)C1CCC1. The summed E-state index contributed by atoms with van der Waals surface area (Å²) >= 11 is 0. The molecule has 20 heavy (non-hydrogen) atoms. The molecule has 106 valence electrons. The molecule has 0 spiro atoms.